The Morgan fingerprint density at radius 1 is 1.18 bits per heavy atom. The summed E-state index contributed by atoms with van der Waals surface area (Å²) >= 11 is 0. The standard InChI is InChI=1S/C22H23NO5/c1-5-28-20(15-9-7-6-8-10-15)19-17-11-13(2)16(22(26)27-4)12-18(17)23(14(3)24)21(19)25/h6-12,21,25H,5H2,1-4H3/b20-19+. The second-order valence-corrected chi connectivity index (χ2v) is 6.48. The normalized spacial score (nSPS) is 17.2. The maximum absolute atomic E-state index is 12.3. The monoisotopic (exact) mass is 381 g/mol. The van der Waals surface area contributed by atoms with Gasteiger partial charge in [-0.2, -0.15) is 0 Å². The van der Waals surface area contributed by atoms with E-state index < -0.39 is 12.2 Å². The number of fused-ring (bicyclic) bond motifs is 1. The molecular weight excluding hydrogens is 358 g/mol. The first-order valence-corrected chi connectivity index (χ1v) is 9.04. The second kappa shape index (κ2) is 7.86. The molecule has 6 nitrogen and oxygen atoms in total. The average molecular weight is 381 g/mol. The fourth-order valence-electron chi connectivity index (χ4n) is 3.47. The summed E-state index contributed by atoms with van der Waals surface area (Å²) in [4.78, 5) is 25.7. The molecule has 0 spiro atoms. The maximum Gasteiger partial charge on any atom is 0.338 e. The van der Waals surface area contributed by atoms with Crippen LogP contribution in [0.25, 0.3) is 11.3 Å². The van der Waals surface area contributed by atoms with Crippen molar-refractivity contribution < 1.29 is 24.2 Å². The molecule has 1 N–H and O–H groups in total. The number of anilines is 1. The molecule has 0 saturated heterocycles. The Labute approximate surface area is 164 Å². The van der Waals surface area contributed by atoms with Gasteiger partial charge in [-0.1, -0.05) is 30.3 Å². The van der Waals surface area contributed by atoms with Gasteiger partial charge in [-0.25, -0.2) is 4.79 Å². The minimum absolute atomic E-state index is 0.340. The van der Waals surface area contributed by atoms with Crippen LogP contribution in [0.2, 0.25) is 0 Å². The highest BCUT2D eigenvalue weighted by atomic mass is 16.5. The van der Waals surface area contributed by atoms with Gasteiger partial charge in [-0.3, -0.25) is 9.69 Å². The predicted octanol–water partition coefficient (Wildman–Crippen LogP) is 3.37. The second-order valence-electron chi connectivity index (χ2n) is 6.48. The molecule has 1 heterocycles. The van der Waals surface area contributed by atoms with Gasteiger partial charge in [0.2, 0.25) is 5.91 Å². The maximum atomic E-state index is 12.3. The Hall–Kier alpha value is -3.12. The van der Waals surface area contributed by atoms with Crippen molar-refractivity contribution in [2.45, 2.75) is 27.0 Å². The van der Waals surface area contributed by atoms with E-state index in [0.717, 1.165) is 5.56 Å². The molecule has 1 aliphatic heterocycles. The predicted molar refractivity (Wildman–Crippen MR) is 107 cm³/mol. The molecule has 146 valence electrons. The van der Waals surface area contributed by atoms with Crippen LogP contribution in [0.1, 0.15) is 40.9 Å². The van der Waals surface area contributed by atoms with Crippen LogP contribution in [0.3, 0.4) is 0 Å². The Bertz CT molecular complexity index is 949. The van der Waals surface area contributed by atoms with Crippen molar-refractivity contribution in [1.82, 2.24) is 0 Å². The molecule has 2 aromatic rings. The lowest BCUT2D eigenvalue weighted by Crippen LogP contribution is -2.35. The van der Waals surface area contributed by atoms with Crippen LogP contribution in [-0.2, 0) is 14.3 Å². The molecule has 1 unspecified atom stereocenters. The van der Waals surface area contributed by atoms with Crippen molar-refractivity contribution >= 4 is 28.9 Å². The summed E-state index contributed by atoms with van der Waals surface area (Å²) in [6.45, 7) is 5.42. The van der Waals surface area contributed by atoms with Crippen molar-refractivity contribution in [2.24, 2.45) is 0 Å². The lowest BCUT2D eigenvalue weighted by atomic mass is 9.97. The number of aliphatic hydroxyl groups is 1. The summed E-state index contributed by atoms with van der Waals surface area (Å²) < 4.78 is 10.7. The third kappa shape index (κ3) is 3.27. The lowest BCUT2D eigenvalue weighted by molar-refractivity contribution is -0.117. The number of ether oxygens (including phenoxy) is 2. The first-order valence-electron chi connectivity index (χ1n) is 9.04. The van der Waals surface area contributed by atoms with Gasteiger partial charge in [0.25, 0.3) is 0 Å². The summed E-state index contributed by atoms with van der Waals surface area (Å²) in [5.74, 6) is -0.332. The van der Waals surface area contributed by atoms with Crippen LogP contribution in [0.5, 0.6) is 0 Å². The zero-order valence-electron chi connectivity index (χ0n) is 16.4. The number of benzene rings is 2. The Morgan fingerprint density at radius 2 is 1.86 bits per heavy atom. The molecule has 0 aliphatic carbocycles. The number of carbonyl (C=O) groups excluding carboxylic acids is 2. The Morgan fingerprint density at radius 3 is 2.43 bits per heavy atom. The molecule has 2 aromatic carbocycles. The zero-order chi connectivity index (χ0) is 20.4. The summed E-state index contributed by atoms with van der Waals surface area (Å²) in [5.41, 5.74) is 3.43. The van der Waals surface area contributed by atoms with Crippen LogP contribution in [0.4, 0.5) is 5.69 Å². The summed E-state index contributed by atoms with van der Waals surface area (Å²) in [5, 5.41) is 11.0. The third-order valence-electron chi connectivity index (χ3n) is 4.71. The van der Waals surface area contributed by atoms with Crippen LogP contribution < -0.4 is 4.90 Å². The Kier molecular flexibility index (Phi) is 5.51. The van der Waals surface area contributed by atoms with E-state index in [2.05, 4.69) is 0 Å². The van der Waals surface area contributed by atoms with Crippen LogP contribution in [0.15, 0.2) is 42.5 Å². The largest absolute Gasteiger partial charge is 0.493 e. The molecular formula is C22H23NO5. The quantitative estimate of drug-likeness (QED) is 0.649. The van der Waals surface area contributed by atoms with Crippen LogP contribution >= 0.6 is 0 Å². The topological polar surface area (TPSA) is 76.1 Å². The fourth-order valence-corrected chi connectivity index (χ4v) is 3.47. The first-order chi connectivity index (χ1) is 13.4. The molecule has 1 atom stereocenters. The van der Waals surface area contributed by atoms with Gasteiger partial charge < -0.3 is 14.6 Å². The fraction of sp³-hybridized carbons (Fsp3) is 0.273. The molecule has 0 fully saturated rings. The number of methoxy groups -OCH3 is 1. The number of aliphatic hydroxyl groups excluding tert-OH is 1. The van der Waals surface area contributed by atoms with Gasteiger partial charge in [0, 0.05) is 18.1 Å². The molecule has 3 rings (SSSR count). The summed E-state index contributed by atoms with van der Waals surface area (Å²) in [6, 6.07) is 12.8. The highest BCUT2D eigenvalue weighted by molar-refractivity contribution is 6.09. The minimum Gasteiger partial charge on any atom is -0.493 e. The van der Waals surface area contributed by atoms with E-state index in [9.17, 15) is 14.7 Å². The van der Waals surface area contributed by atoms with Crippen molar-refractivity contribution in [3.8, 4) is 0 Å². The lowest BCUT2D eigenvalue weighted by Gasteiger charge is -2.21. The van der Waals surface area contributed by atoms with Crippen molar-refractivity contribution in [3.63, 3.8) is 0 Å². The number of nitrogens with zero attached hydrogens (tertiary/aromatic N) is 1. The number of aryl methyl sites for hydroxylation is 1. The van der Waals surface area contributed by atoms with Crippen molar-refractivity contribution in [3.05, 3.63) is 64.7 Å². The molecule has 0 aromatic heterocycles. The van der Waals surface area contributed by atoms with Crippen molar-refractivity contribution in [2.75, 3.05) is 18.6 Å². The molecule has 6 heteroatoms. The van der Waals surface area contributed by atoms with Gasteiger partial charge in [0.1, 0.15) is 5.76 Å². The smallest absolute Gasteiger partial charge is 0.338 e. The van der Waals surface area contributed by atoms with E-state index in [4.69, 9.17) is 9.47 Å². The number of esters is 1. The Balaban J connectivity index is 2.32. The zero-order valence-corrected chi connectivity index (χ0v) is 16.4. The van der Waals surface area contributed by atoms with Gasteiger partial charge in [0.05, 0.1) is 30.5 Å². The summed E-state index contributed by atoms with van der Waals surface area (Å²) in [7, 11) is 1.31. The first kappa shape index (κ1) is 19.6. The van der Waals surface area contributed by atoms with E-state index in [-0.39, 0.29) is 5.91 Å². The van der Waals surface area contributed by atoms with Gasteiger partial charge in [-0.05, 0) is 31.5 Å². The van der Waals surface area contributed by atoms with E-state index in [0.29, 0.717) is 40.3 Å². The molecule has 1 amide bonds. The van der Waals surface area contributed by atoms with E-state index in [1.807, 2.05) is 37.3 Å². The van der Waals surface area contributed by atoms with Gasteiger partial charge in [0.15, 0.2) is 6.23 Å². The minimum atomic E-state index is -1.22. The SMILES string of the molecule is CCO/C(=C1\c2cc(C)c(C(=O)OC)cc2N(C(C)=O)C1O)c1ccccc1. The number of hydrogen-bond acceptors (Lipinski definition) is 5. The molecule has 0 bridgehead atoms. The average Bonchev–Trinajstić information content (AvgIpc) is 2.96. The van der Waals surface area contributed by atoms with Gasteiger partial charge in [-0.15, -0.1) is 0 Å². The van der Waals surface area contributed by atoms with Gasteiger partial charge >= 0.3 is 5.97 Å². The molecule has 1 aliphatic rings. The van der Waals surface area contributed by atoms with Crippen LogP contribution in [-0.4, -0.2) is 36.9 Å². The van der Waals surface area contributed by atoms with Crippen molar-refractivity contribution in [1.29, 1.82) is 0 Å². The number of carbonyl (C=O) groups is 2. The third-order valence-corrected chi connectivity index (χ3v) is 4.71. The van der Waals surface area contributed by atoms with Crippen LogP contribution in [0, 0.1) is 6.92 Å². The molecule has 28 heavy (non-hydrogen) atoms. The molecule has 0 saturated carbocycles. The van der Waals surface area contributed by atoms with E-state index >= 15 is 0 Å². The number of amides is 1. The highest BCUT2D eigenvalue weighted by Gasteiger charge is 2.39. The van der Waals surface area contributed by atoms with E-state index in [1.54, 1.807) is 19.1 Å². The van der Waals surface area contributed by atoms with E-state index in [1.165, 1.54) is 18.9 Å². The molecule has 0 radical (unpaired) electrons. The number of hydrogen-bond donors (Lipinski definition) is 1. The highest BCUT2D eigenvalue weighted by Crippen LogP contribution is 2.45. The number of rotatable bonds is 4. The summed E-state index contributed by atoms with van der Waals surface area (Å²) in [6.07, 6.45) is -1.22.